The molecule has 3 rings (SSSR count). The number of hydrogen-bond acceptors (Lipinski definition) is 5. The predicted octanol–water partition coefficient (Wildman–Crippen LogP) is 5.17. The van der Waals surface area contributed by atoms with Crippen LogP contribution in [-0.2, 0) is 11.2 Å². The van der Waals surface area contributed by atoms with Crippen LogP contribution < -0.4 is 5.32 Å². The fraction of sp³-hybridized carbons (Fsp3) is 0.391. The van der Waals surface area contributed by atoms with Crippen molar-refractivity contribution in [3.05, 3.63) is 59.2 Å². The molecule has 1 amide bonds. The lowest BCUT2D eigenvalue weighted by Crippen LogP contribution is -2.17. The summed E-state index contributed by atoms with van der Waals surface area (Å²) >= 11 is 1.33. The van der Waals surface area contributed by atoms with Crippen molar-refractivity contribution in [1.29, 1.82) is 0 Å². The number of benzene rings is 2. The highest BCUT2D eigenvalue weighted by Gasteiger charge is 2.15. The molecule has 1 N–H and O–H groups in total. The Kier molecular flexibility index (Phi) is 7.63. The van der Waals surface area contributed by atoms with Crippen molar-refractivity contribution in [3.63, 3.8) is 0 Å². The fourth-order valence-electron chi connectivity index (χ4n) is 3.26. The fourth-order valence-corrected chi connectivity index (χ4v) is 3.95. The van der Waals surface area contributed by atoms with Gasteiger partial charge in [0.15, 0.2) is 0 Å². The third-order valence-corrected chi connectivity index (χ3v) is 5.88. The van der Waals surface area contributed by atoms with Crippen molar-refractivity contribution in [2.75, 3.05) is 11.1 Å². The maximum Gasteiger partial charge on any atom is 0.234 e. The number of hydrogen-bond donors (Lipinski definition) is 1. The molecule has 0 fully saturated rings. The van der Waals surface area contributed by atoms with Gasteiger partial charge >= 0.3 is 0 Å². The van der Waals surface area contributed by atoms with Crippen molar-refractivity contribution in [2.45, 2.75) is 58.0 Å². The van der Waals surface area contributed by atoms with E-state index in [1.54, 1.807) is 4.68 Å². The molecule has 0 unspecified atom stereocenters. The van der Waals surface area contributed by atoms with E-state index in [9.17, 15) is 4.79 Å². The summed E-state index contributed by atoms with van der Waals surface area (Å²) in [4.78, 5) is 12.6. The molecule has 0 spiro atoms. The number of anilines is 1. The van der Waals surface area contributed by atoms with Crippen molar-refractivity contribution in [2.24, 2.45) is 0 Å². The Balaban J connectivity index is 1.65. The zero-order valence-electron chi connectivity index (χ0n) is 18.1. The summed E-state index contributed by atoms with van der Waals surface area (Å²) in [5.74, 6) is 0.502. The number of unbranched alkanes of at least 4 members (excludes halogenated alkanes) is 1. The van der Waals surface area contributed by atoms with E-state index < -0.39 is 0 Å². The number of aromatic nitrogens is 4. The highest BCUT2D eigenvalue weighted by Crippen LogP contribution is 2.28. The summed E-state index contributed by atoms with van der Waals surface area (Å²) in [6.45, 7) is 8.46. The number of thioether (sulfide) groups is 1. The molecule has 7 heteroatoms. The molecule has 0 aliphatic rings. The summed E-state index contributed by atoms with van der Waals surface area (Å²) in [6, 6.07) is 14.4. The van der Waals surface area contributed by atoms with Crippen LogP contribution in [0.5, 0.6) is 0 Å². The second-order valence-corrected chi connectivity index (χ2v) is 8.62. The van der Waals surface area contributed by atoms with Crippen LogP contribution in [0.15, 0.2) is 47.6 Å². The summed E-state index contributed by atoms with van der Waals surface area (Å²) in [5.41, 5.74) is 5.31. The van der Waals surface area contributed by atoms with Crippen LogP contribution in [0.3, 0.4) is 0 Å². The van der Waals surface area contributed by atoms with Gasteiger partial charge in [-0.1, -0.05) is 69.3 Å². The van der Waals surface area contributed by atoms with E-state index in [-0.39, 0.29) is 11.7 Å². The monoisotopic (exact) mass is 423 g/mol. The second kappa shape index (κ2) is 10.4. The molecule has 1 heterocycles. The molecule has 0 atom stereocenters. The minimum absolute atomic E-state index is 0.0688. The average molecular weight is 424 g/mol. The summed E-state index contributed by atoms with van der Waals surface area (Å²) in [5, 5.41) is 15.6. The van der Waals surface area contributed by atoms with Gasteiger partial charge in [-0.25, -0.2) is 0 Å². The normalized spacial score (nSPS) is 11.1. The Morgan fingerprint density at radius 3 is 2.63 bits per heavy atom. The first kappa shape index (κ1) is 22.0. The molecule has 0 bridgehead atoms. The lowest BCUT2D eigenvalue weighted by molar-refractivity contribution is -0.113. The Morgan fingerprint density at radius 1 is 1.17 bits per heavy atom. The van der Waals surface area contributed by atoms with Gasteiger partial charge in [-0.2, -0.15) is 4.68 Å². The number of nitrogens with zero attached hydrogens (tertiary/aromatic N) is 4. The highest BCUT2D eigenvalue weighted by atomic mass is 32.2. The average Bonchev–Trinajstić information content (AvgIpc) is 3.21. The number of carbonyl (C=O) groups excluding carboxylic acids is 1. The lowest BCUT2D eigenvalue weighted by atomic mass is 9.98. The topological polar surface area (TPSA) is 72.7 Å². The van der Waals surface area contributed by atoms with Crippen LogP contribution in [0.25, 0.3) is 5.69 Å². The van der Waals surface area contributed by atoms with Crippen LogP contribution in [0, 0.1) is 6.92 Å². The molecule has 6 nitrogen and oxygen atoms in total. The van der Waals surface area contributed by atoms with Crippen LogP contribution >= 0.6 is 11.8 Å². The van der Waals surface area contributed by atoms with Gasteiger partial charge in [0.05, 0.1) is 11.4 Å². The lowest BCUT2D eigenvalue weighted by Gasteiger charge is -2.16. The molecule has 0 radical (unpaired) electrons. The third-order valence-electron chi connectivity index (χ3n) is 4.96. The minimum atomic E-state index is -0.0688. The van der Waals surface area contributed by atoms with E-state index in [4.69, 9.17) is 0 Å². The SMILES string of the molecule is CCCCc1ccc(-n2nnnc2SCC(=O)Nc2c(C)cccc2C(C)C)cc1. The van der Waals surface area contributed by atoms with E-state index in [0.717, 1.165) is 28.9 Å². The molecule has 1 aromatic heterocycles. The molecule has 0 saturated heterocycles. The van der Waals surface area contributed by atoms with Gasteiger partial charge in [-0.3, -0.25) is 4.79 Å². The smallest absolute Gasteiger partial charge is 0.234 e. The predicted molar refractivity (Wildman–Crippen MR) is 122 cm³/mol. The Labute approximate surface area is 182 Å². The molecule has 0 aliphatic carbocycles. The molecule has 0 saturated carbocycles. The highest BCUT2D eigenvalue weighted by molar-refractivity contribution is 7.99. The van der Waals surface area contributed by atoms with Gasteiger partial charge < -0.3 is 5.32 Å². The minimum Gasteiger partial charge on any atom is -0.325 e. The van der Waals surface area contributed by atoms with E-state index in [2.05, 4.69) is 59.8 Å². The summed E-state index contributed by atoms with van der Waals surface area (Å²) < 4.78 is 1.68. The number of tetrazole rings is 1. The van der Waals surface area contributed by atoms with Crippen molar-refractivity contribution >= 4 is 23.4 Å². The van der Waals surface area contributed by atoms with Gasteiger partial charge in [-0.15, -0.1) is 5.10 Å². The van der Waals surface area contributed by atoms with Crippen LogP contribution in [0.1, 0.15) is 56.2 Å². The van der Waals surface area contributed by atoms with E-state index >= 15 is 0 Å². The Hall–Kier alpha value is -2.67. The maximum absolute atomic E-state index is 12.6. The van der Waals surface area contributed by atoms with Gasteiger partial charge in [0.25, 0.3) is 0 Å². The van der Waals surface area contributed by atoms with Gasteiger partial charge in [0.1, 0.15) is 0 Å². The van der Waals surface area contributed by atoms with Crippen LogP contribution in [0.4, 0.5) is 5.69 Å². The van der Waals surface area contributed by atoms with E-state index in [0.29, 0.717) is 11.1 Å². The Bertz CT molecular complexity index is 982. The summed E-state index contributed by atoms with van der Waals surface area (Å²) in [7, 11) is 0. The summed E-state index contributed by atoms with van der Waals surface area (Å²) in [6.07, 6.45) is 3.43. The maximum atomic E-state index is 12.6. The molecule has 0 aliphatic heterocycles. The second-order valence-electron chi connectivity index (χ2n) is 7.67. The van der Waals surface area contributed by atoms with Crippen molar-refractivity contribution < 1.29 is 4.79 Å². The van der Waals surface area contributed by atoms with E-state index in [1.807, 2.05) is 31.2 Å². The van der Waals surface area contributed by atoms with E-state index in [1.165, 1.54) is 30.2 Å². The number of carbonyl (C=O) groups is 1. The standard InChI is InChI=1S/C23H29N5OS/c1-5-6-9-18-11-13-19(14-12-18)28-23(25-26-27-28)30-15-21(29)24-22-17(4)8-7-10-20(22)16(2)3/h7-8,10-14,16H,5-6,9,15H2,1-4H3,(H,24,29). The zero-order valence-corrected chi connectivity index (χ0v) is 18.9. The molecule has 3 aromatic rings. The largest absolute Gasteiger partial charge is 0.325 e. The quantitative estimate of drug-likeness (QED) is 0.481. The number of nitrogens with one attached hydrogen (secondary N) is 1. The number of aryl methyl sites for hydroxylation is 2. The zero-order chi connectivity index (χ0) is 21.5. The molecular formula is C23H29N5OS. The molecule has 30 heavy (non-hydrogen) atoms. The van der Waals surface area contributed by atoms with Gasteiger partial charge in [0, 0.05) is 5.69 Å². The van der Waals surface area contributed by atoms with Crippen LogP contribution in [-0.4, -0.2) is 31.9 Å². The number of rotatable bonds is 9. The van der Waals surface area contributed by atoms with Crippen molar-refractivity contribution in [1.82, 2.24) is 20.2 Å². The third kappa shape index (κ3) is 5.48. The first-order chi connectivity index (χ1) is 14.5. The molecule has 158 valence electrons. The first-order valence-electron chi connectivity index (χ1n) is 10.4. The number of para-hydroxylation sites is 1. The molecular weight excluding hydrogens is 394 g/mol. The van der Waals surface area contributed by atoms with Gasteiger partial charge in [-0.05, 0) is 64.9 Å². The number of amides is 1. The first-order valence-corrected chi connectivity index (χ1v) is 11.4. The van der Waals surface area contributed by atoms with Gasteiger partial charge in [0.2, 0.25) is 11.1 Å². The van der Waals surface area contributed by atoms with Crippen molar-refractivity contribution in [3.8, 4) is 5.69 Å². The Morgan fingerprint density at radius 2 is 1.93 bits per heavy atom. The van der Waals surface area contributed by atoms with Crippen LogP contribution in [0.2, 0.25) is 0 Å². The molecule has 2 aromatic carbocycles.